The molecule has 0 rings (SSSR count). The highest BCUT2D eigenvalue weighted by Gasteiger charge is 1.95. The number of aliphatic carboxylic acids is 1. The molecule has 0 bridgehead atoms. The third kappa shape index (κ3) is 14.9. The number of carboxylic acid groups (broad SMARTS) is 1. The van der Waals surface area contributed by atoms with Crippen molar-refractivity contribution in [2.24, 2.45) is 0 Å². The number of rotatable bonds is 12. The van der Waals surface area contributed by atoms with Crippen LogP contribution in [0.15, 0.2) is 24.3 Å². The van der Waals surface area contributed by atoms with E-state index >= 15 is 0 Å². The number of carboxylic acids is 1. The van der Waals surface area contributed by atoms with Crippen molar-refractivity contribution in [1.29, 1.82) is 0 Å². The molecule has 0 atom stereocenters. The van der Waals surface area contributed by atoms with Gasteiger partial charge < -0.3 is 5.11 Å². The molecule has 0 spiro atoms. The largest absolute Gasteiger partial charge is 0.481 e. The summed E-state index contributed by atoms with van der Waals surface area (Å²) in [6, 6.07) is 0. The quantitative estimate of drug-likeness (QED) is 0.387. The second-order valence-corrected chi connectivity index (χ2v) is 4.67. The van der Waals surface area contributed by atoms with Crippen molar-refractivity contribution < 1.29 is 9.90 Å². The summed E-state index contributed by atoms with van der Waals surface area (Å²) < 4.78 is 0. The summed E-state index contributed by atoms with van der Waals surface area (Å²) in [7, 11) is 0. The van der Waals surface area contributed by atoms with Crippen molar-refractivity contribution in [3.05, 3.63) is 24.3 Å². The first kappa shape index (κ1) is 16.9. The van der Waals surface area contributed by atoms with Gasteiger partial charge in [0.2, 0.25) is 0 Å². The third-order valence-corrected chi connectivity index (χ3v) is 2.82. The van der Waals surface area contributed by atoms with Gasteiger partial charge in [0.05, 0.1) is 0 Å². The zero-order valence-electron chi connectivity index (χ0n) is 11.7. The van der Waals surface area contributed by atoms with Crippen molar-refractivity contribution in [2.75, 3.05) is 0 Å². The number of carbonyl (C=O) groups is 1. The Bertz CT molecular complexity index is 241. The molecule has 0 saturated carbocycles. The topological polar surface area (TPSA) is 37.3 Å². The first-order chi connectivity index (χ1) is 8.77. The maximum atomic E-state index is 10.3. The molecule has 0 aromatic carbocycles. The Hall–Kier alpha value is -1.05. The molecule has 0 aliphatic heterocycles. The van der Waals surface area contributed by atoms with E-state index < -0.39 is 5.97 Å². The first-order valence-corrected chi connectivity index (χ1v) is 7.29. The minimum atomic E-state index is -0.672. The summed E-state index contributed by atoms with van der Waals surface area (Å²) in [5, 5.41) is 8.48. The average molecular weight is 252 g/mol. The normalized spacial score (nSPS) is 11.6. The molecule has 0 amide bonds. The summed E-state index contributed by atoms with van der Waals surface area (Å²) in [6.07, 6.45) is 19.4. The van der Waals surface area contributed by atoms with Gasteiger partial charge in [0.25, 0.3) is 0 Å². The van der Waals surface area contributed by atoms with Gasteiger partial charge >= 0.3 is 5.97 Å². The second kappa shape index (κ2) is 14.0. The Kier molecular flexibility index (Phi) is 13.2. The predicted molar refractivity (Wildman–Crippen MR) is 77.8 cm³/mol. The van der Waals surface area contributed by atoms with Crippen molar-refractivity contribution in [3.63, 3.8) is 0 Å². The fraction of sp³-hybridized carbons (Fsp3) is 0.688. The molecule has 0 aromatic heterocycles. The minimum Gasteiger partial charge on any atom is -0.481 e. The van der Waals surface area contributed by atoms with Crippen LogP contribution < -0.4 is 0 Å². The third-order valence-electron chi connectivity index (χ3n) is 2.82. The summed E-state index contributed by atoms with van der Waals surface area (Å²) in [4.78, 5) is 10.3. The average Bonchev–Trinajstić information content (AvgIpc) is 2.34. The van der Waals surface area contributed by atoms with Gasteiger partial charge in [-0.15, -0.1) is 0 Å². The van der Waals surface area contributed by atoms with Crippen molar-refractivity contribution in [2.45, 2.75) is 71.1 Å². The smallest absolute Gasteiger partial charge is 0.303 e. The van der Waals surface area contributed by atoms with E-state index in [4.69, 9.17) is 5.11 Å². The van der Waals surface area contributed by atoms with Crippen LogP contribution in [0.1, 0.15) is 71.1 Å². The van der Waals surface area contributed by atoms with Gasteiger partial charge in [-0.2, -0.15) is 0 Å². The van der Waals surface area contributed by atoms with Crippen molar-refractivity contribution >= 4 is 5.97 Å². The molecule has 2 nitrogen and oxygen atoms in total. The van der Waals surface area contributed by atoms with Gasteiger partial charge in [0, 0.05) is 6.42 Å². The van der Waals surface area contributed by atoms with Crippen LogP contribution in [0.2, 0.25) is 0 Å². The molecule has 0 aromatic rings. The molecule has 104 valence electrons. The van der Waals surface area contributed by atoms with Gasteiger partial charge in [-0.3, -0.25) is 4.79 Å². The molecule has 0 aliphatic carbocycles. The van der Waals surface area contributed by atoms with E-state index in [0.717, 1.165) is 32.1 Å². The molecular weight excluding hydrogens is 224 g/mol. The van der Waals surface area contributed by atoms with Crippen LogP contribution >= 0.6 is 0 Å². The van der Waals surface area contributed by atoms with E-state index in [-0.39, 0.29) is 0 Å². The van der Waals surface area contributed by atoms with E-state index in [1.807, 2.05) is 0 Å². The van der Waals surface area contributed by atoms with Gasteiger partial charge in [-0.25, -0.2) is 0 Å². The van der Waals surface area contributed by atoms with E-state index in [0.29, 0.717) is 6.42 Å². The number of unbranched alkanes of at least 4 members (excludes halogenated alkanes) is 6. The summed E-state index contributed by atoms with van der Waals surface area (Å²) in [5.41, 5.74) is 0. The highest BCUT2D eigenvalue weighted by Crippen LogP contribution is 2.07. The standard InChI is InChI=1S/C16H28O2/c1-2-3-4-5-6-7-8-9-10-11-12-13-14-15-16(17)18/h4-5,7-8H,2-3,6,9-15H2,1H3,(H,17,18)/b5-4-,8-7?. The van der Waals surface area contributed by atoms with Crippen LogP contribution in [0.3, 0.4) is 0 Å². The lowest BCUT2D eigenvalue weighted by molar-refractivity contribution is -0.137. The van der Waals surface area contributed by atoms with Crippen LogP contribution in [-0.2, 0) is 4.79 Å². The van der Waals surface area contributed by atoms with Gasteiger partial charge in [0.1, 0.15) is 0 Å². The van der Waals surface area contributed by atoms with Gasteiger partial charge in [0.15, 0.2) is 0 Å². The molecule has 1 N–H and O–H groups in total. The SMILES string of the molecule is CCC/C=C\CC=CCCCCCCCC(=O)O. The maximum absolute atomic E-state index is 10.3. The van der Waals surface area contributed by atoms with E-state index in [1.165, 1.54) is 25.7 Å². The lowest BCUT2D eigenvalue weighted by Gasteiger charge is -1.98. The second-order valence-electron chi connectivity index (χ2n) is 4.67. The predicted octanol–water partition coefficient (Wildman–Crippen LogP) is 5.10. The zero-order valence-corrected chi connectivity index (χ0v) is 11.7. The molecule has 0 saturated heterocycles. The fourth-order valence-electron chi connectivity index (χ4n) is 1.74. The summed E-state index contributed by atoms with van der Waals surface area (Å²) in [5.74, 6) is -0.672. The molecule has 0 aliphatic rings. The molecule has 18 heavy (non-hydrogen) atoms. The van der Waals surface area contributed by atoms with Crippen LogP contribution in [0.25, 0.3) is 0 Å². The van der Waals surface area contributed by atoms with E-state index in [2.05, 4.69) is 31.2 Å². The Morgan fingerprint density at radius 3 is 2.17 bits per heavy atom. The molecular formula is C16H28O2. The molecule has 0 unspecified atom stereocenters. The van der Waals surface area contributed by atoms with Gasteiger partial charge in [-0.1, -0.05) is 56.9 Å². The van der Waals surface area contributed by atoms with E-state index in [1.54, 1.807) is 0 Å². The van der Waals surface area contributed by atoms with Crippen LogP contribution in [-0.4, -0.2) is 11.1 Å². The highest BCUT2D eigenvalue weighted by molar-refractivity contribution is 5.66. The highest BCUT2D eigenvalue weighted by atomic mass is 16.4. The molecule has 2 heteroatoms. The van der Waals surface area contributed by atoms with Crippen LogP contribution in [0.4, 0.5) is 0 Å². The van der Waals surface area contributed by atoms with Crippen LogP contribution in [0.5, 0.6) is 0 Å². The first-order valence-electron chi connectivity index (χ1n) is 7.29. The van der Waals surface area contributed by atoms with Crippen LogP contribution in [0, 0.1) is 0 Å². The molecule has 0 fully saturated rings. The Labute approximate surface area is 112 Å². The minimum absolute atomic E-state index is 0.323. The van der Waals surface area contributed by atoms with Crippen molar-refractivity contribution in [3.8, 4) is 0 Å². The van der Waals surface area contributed by atoms with Gasteiger partial charge in [-0.05, 0) is 32.1 Å². The van der Waals surface area contributed by atoms with Crippen molar-refractivity contribution in [1.82, 2.24) is 0 Å². The zero-order chi connectivity index (χ0) is 13.5. The summed E-state index contributed by atoms with van der Waals surface area (Å²) in [6.45, 7) is 2.19. The summed E-state index contributed by atoms with van der Waals surface area (Å²) >= 11 is 0. The van der Waals surface area contributed by atoms with E-state index in [9.17, 15) is 4.79 Å². The number of hydrogen-bond acceptors (Lipinski definition) is 1. The molecule has 0 radical (unpaired) electrons. The maximum Gasteiger partial charge on any atom is 0.303 e. The lowest BCUT2D eigenvalue weighted by atomic mass is 10.1. The number of hydrogen-bond donors (Lipinski definition) is 1. The molecule has 0 heterocycles. The number of allylic oxidation sites excluding steroid dienone is 4. The monoisotopic (exact) mass is 252 g/mol. The lowest BCUT2D eigenvalue weighted by Crippen LogP contribution is -1.93. The Morgan fingerprint density at radius 2 is 1.50 bits per heavy atom. The fourth-order valence-corrected chi connectivity index (χ4v) is 1.74. The Balaban J connectivity index is 3.15. The Morgan fingerprint density at radius 1 is 0.889 bits per heavy atom.